The molecule has 0 unspecified atom stereocenters. The molecule has 20 heavy (non-hydrogen) atoms. The average molecular weight is 279 g/mol. The van der Waals surface area contributed by atoms with Crippen molar-refractivity contribution in [1.82, 2.24) is 5.32 Å². The predicted octanol–water partition coefficient (Wildman–Crippen LogP) is 1.44. The third kappa shape index (κ3) is 3.01. The van der Waals surface area contributed by atoms with Crippen LogP contribution in [0.4, 0.5) is 0 Å². The van der Waals surface area contributed by atoms with Crippen molar-refractivity contribution in [3.05, 3.63) is 23.8 Å². The van der Waals surface area contributed by atoms with Gasteiger partial charge >= 0.3 is 5.97 Å². The molecule has 1 aliphatic rings. The minimum absolute atomic E-state index is 0.296. The van der Waals surface area contributed by atoms with Crippen molar-refractivity contribution < 1.29 is 24.2 Å². The summed E-state index contributed by atoms with van der Waals surface area (Å²) in [5.41, 5.74) is 0.296. The van der Waals surface area contributed by atoms with Gasteiger partial charge in [0.05, 0.1) is 5.56 Å². The Kier molecular flexibility index (Phi) is 4.45. The predicted molar refractivity (Wildman–Crippen MR) is 71.2 cm³/mol. The van der Waals surface area contributed by atoms with Crippen LogP contribution in [0.2, 0.25) is 0 Å². The molecule has 0 radical (unpaired) electrons. The van der Waals surface area contributed by atoms with Crippen LogP contribution in [0, 0.1) is 0 Å². The fourth-order valence-corrected chi connectivity index (χ4v) is 2.03. The summed E-state index contributed by atoms with van der Waals surface area (Å²) in [6.45, 7) is 2.67. The maximum atomic E-state index is 12.2. The third-order valence-electron chi connectivity index (χ3n) is 2.99. The number of para-hydroxylation sites is 1. The van der Waals surface area contributed by atoms with Crippen molar-refractivity contribution in [1.29, 1.82) is 0 Å². The van der Waals surface area contributed by atoms with Crippen molar-refractivity contribution in [2.75, 3.05) is 13.2 Å². The Morgan fingerprint density at radius 3 is 2.80 bits per heavy atom. The molecule has 0 saturated heterocycles. The Labute approximate surface area is 116 Å². The largest absolute Gasteiger partial charge is 0.486 e. The summed E-state index contributed by atoms with van der Waals surface area (Å²) >= 11 is 0. The molecule has 1 heterocycles. The fraction of sp³-hybridized carbons (Fsp3) is 0.429. The molecule has 0 bridgehead atoms. The van der Waals surface area contributed by atoms with E-state index in [2.05, 4.69) is 5.32 Å². The summed E-state index contributed by atoms with van der Waals surface area (Å²) in [7, 11) is 0. The summed E-state index contributed by atoms with van der Waals surface area (Å²) in [5, 5.41) is 11.6. The summed E-state index contributed by atoms with van der Waals surface area (Å²) in [6.07, 6.45) is 1.05. The maximum absolute atomic E-state index is 12.2. The molecule has 2 N–H and O–H groups in total. The first-order valence-electron chi connectivity index (χ1n) is 6.55. The molecule has 1 amide bonds. The number of ether oxygens (including phenoxy) is 2. The lowest BCUT2D eigenvalue weighted by Crippen LogP contribution is -2.40. The van der Waals surface area contributed by atoms with Crippen molar-refractivity contribution in [3.8, 4) is 11.5 Å². The monoisotopic (exact) mass is 279 g/mol. The summed E-state index contributed by atoms with van der Waals surface area (Å²) < 4.78 is 10.8. The number of amides is 1. The van der Waals surface area contributed by atoms with E-state index in [0.29, 0.717) is 43.1 Å². The van der Waals surface area contributed by atoms with Gasteiger partial charge in [-0.3, -0.25) is 4.79 Å². The molecule has 1 atom stereocenters. The van der Waals surface area contributed by atoms with E-state index < -0.39 is 17.9 Å². The summed E-state index contributed by atoms with van der Waals surface area (Å²) in [6, 6.07) is 4.09. The van der Waals surface area contributed by atoms with Crippen LogP contribution < -0.4 is 14.8 Å². The first-order valence-corrected chi connectivity index (χ1v) is 6.55. The maximum Gasteiger partial charge on any atom is 0.326 e. The van der Waals surface area contributed by atoms with Crippen molar-refractivity contribution in [2.45, 2.75) is 25.8 Å². The number of nitrogens with one attached hydrogen (secondary N) is 1. The molecule has 0 aromatic heterocycles. The number of benzene rings is 1. The van der Waals surface area contributed by atoms with Crippen LogP contribution in [0.15, 0.2) is 18.2 Å². The summed E-state index contributed by atoms with van der Waals surface area (Å²) in [5.74, 6) is -0.626. The number of rotatable bonds is 5. The first kappa shape index (κ1) is 14.2. The molecule has 6 heteroatoms. The number of carboxylic acid groups (broad SMARTS) is 1. The van der Waals surface area contributed by atoms with Gasteiger partial charge in [-0.15, -0.1) is 0 Å². The molecule has 0 aliphatic carbocycles. The zero-order chi connectivity index (χ0) is 14.5. The minimum Gasteiger partial charge on any atom is -0.486 e. The highest BCUT2D eigenvalue weighted by atomic mass is 16.6. The molecule has 108 valence electrons. The quantitative estimate of drug-likeness (QED) is 0.852. The number of hydrogen-bond donors (Lipinski definition) is 2. The van der Waals surface area contributed by atoms with Crippen molar-refractivity contribution >= 4 is 11.9 Å². The molecule has 1 aromatic rings. The molecule has 0 spiro atoms. The average Bonchev–Trinajstić information content (AvgIpc) is 2.46. The van der Waals surface area contributed by atoms with Gasteiger partial charge in [-0.25, -0.2) is 4.79 Å². The van der Waals surface area contributed by atoms with E-state index in [4.69, 9.17) is 14.6 Å². The van der Waals surface area contributed by atoms with E-state index in [-0.39, 0.29) is 0 Å². The lowest BCUT2D eigenvalue weighted by molar-refractivity contribution is -0.139. The van der Waals surface area contributed by atoms with Crippen LogP contribution in [-0.4, -0.2) is 36.2 Å². The van der Waals surface area contributed by atoms with Crippen LogP contribution in [0.1, 0.15) is 30.1 Å². The van der Waals surface area contributed by atoms with Gasteiger partial charge in [0.2, 0.25) is 0 Å². The lowest BCUT2D eigenvalue weighted by atomic mass is 10.1. The highest BCUT2D eigenvalue weighted by Crippen LogP contribution is 2.33. The zero-order valence-corrected chi connectivity index (χ0v) is 11.2. The Morgan fingerprint density at radius 2 is 2.10 bits per heavy atom. The van der Waals surface area contributed by atoms with Crippen LogP contribution in [0.3, 0.4) is 0 Å². The zero-order valence-electron chi connectivity index (χ0n) is 11.2. The van der Waals surface area contributed by atoms with Crippen LogP contribution in [0.5, 0.6) is 11.5 Å². The van der Waals surface area contributed by atoms with Crippen LogP contribution >= 0.6 is 0 Å². The Bertz CT molecular complexity index is 514. The fourth-order valence-electron chi connectivity index (χ4n) is 2.03. The third-order valence-corrected chi connectivity index (χ3v) is 2.99. The second kappa shape index (κ2) is 6.27. The lowest BCUT2D eigenvalue weighted by Gasteiger charge is -2.21. The van der Waals surface area contributed by atoms with Crippen LogP contribution in [-0.2, 0) is 4.79 Å². The SMILES string of the molecule is CCC[C@H](NC(=O)c1cccc2c1OCCO2)C(=O)O. The molecule has 2 rings (SSSR count). The molecule has 0 fully saturated rings. The van der Waals surface area contributed by atoms with E-state index in [0.717, 1.165) is 0 Å². The Hall–Kier alpha value is -2.24. The molecule has 6 nitrogen and oxygen atoms in total. The topological polar surface area (TPSA) is 84.9 Å². The molecular formula is C14H17NO5. The van der Waals surface area contributed by atoms with Gasteiger partial charge in [-0.05, 0) is 18.6 Å². The van der Waals surface area contributed by atoms with Crippen LogP contribution in [0.25, 0.3) is 0 Å². The number of carboxylic acids is 1. The van der Waals surface area contributed by atoms with E-state index in [9.17, 15) is 9.59 Å². The second-order valence-electron chi connectivity index (χ2n) is 4.48. The van der Waals surface area contributed by atoms with Gasteiger partial charge in [-0.2, -0.15) is 0 Å². The van der Waals surface area contributed by atoms with Gasteiger partial charge in [0, 0.05) is 0 Å². The Morgan fingerprint density at radius 1 is 1.35 bits per heavy atom. The number of carbonyl (C=O) groups excluding carboxylic acids is 1. The van der Waals surface area contributed by atoms with Gasteiger partial charge in [0.15, 0.2) is 11.5 Å². The van der Waals surface area contributed by atoms with Gasteiger partial charge in [0.25, 0.3) is 5.91 Å². The van der Waals surface area contributed by atoms with E-state index >= 15 is 0 Å². The summed E-state index contributed by atoms with van der Waals surface area (Å²) in [4.78, 5) is 23.3. The molecule has 0 saturated carbocycles. The molecule has 1 aromatic carbocycles. The van der Waals surface area contributed by atoms with E-state index in [1.165, 1.54) is 0 Å². The first-order chi connectivity index (χ1) is 9.63. The standard InChI is InChI=1S/C14H17NO5/c1-2-4-10(14(17)18)15-13(16)9-5-3-6-11-12(9)20-8-7-19-11/h3,5-6,10H,2,4,7-8H2,1H3,(H,15,16)(H,17,18)/t10-/m0/s1. The van der Waals surface area contributed by atoms with E-state index in [1.807, 2.05) is 6.92 Å². The van der Waals surface area contributed by atoms with Crippen molar-refractivity contribution in [3.63, 3.8) is 0 Å². The number of fused-ring (bicyclic) bond motifs is 1. The van der Waals surface area contributed by atoms with Gasteiger partial charge < -0.3 is 19.9 Å². The highest BCUT2D eigenvalue weighted by molar-refractivity contribution is 5.99. The second-order valence-corrected chi connectivity index (χ2v) is 4.48. The van der Waals surface area contributed by atoms with Gasteiger partial charge in [-0.1, -0.05) is 19.4 Å². The van der Waals surface area contributed by atoms with Crippen molar-refractivity contribution in [2.24, 2.45) is 0 Å². The molecular weight excluding hydrogens is 262 g/mol. The molecule has 1 aliphatic heterocycles. The minimum atomic E-state index is -1.04. The smallest absolute Gasteiger partial charge is 0.326 e. The normalized spacial score (nSPS) is 14.4. The number of carbonyl (C=O) groups is 2. The van der Waals surface area contributed by atoms with E-state index in [1.54, 1.807) is 18.2 Å². The Balaban J connectivity index is 2.19. The van der Waals surface area contributed by atoms with Gasteiger partial charge in [0.1, 0.15) is 19.3 Å². The number of aliphatic carboxylic acids is 1. The number of hydrogen-bond acceptors (Lipinski definition) is 4. The highest BCUT2D eigenvalue weighted by Gasteiger charge is 2.24.